The number of nitrogens with zero attached hydrogens (tertiary/aromatic N) is 1. The van der Waals surface area contributed by atoms with Gasteiger partial charge in [0, 0.05) is 42.9 Å². The molecule has 51 heavy (non-hydrogen) atoms. The summed E-state index contributed by atoms with van der Waals surface area (Å²) >= 11 is 0. The molecule has 1 radical (unpaired) electrons. The van der Waals surface area contributed by atoms with Crippen LogP contribution in [0.1, 0.15) is 37.9 Å². The van der Waals surface area contributed by atoms with Gasteiger partial charge in [0.15, 0.2) is 0 Å². The number of hydrogen-bond acceptors (Lipinski definition) is 9. The van der Waals surface area contributed by atoms with Crippen molar-refractivity contribution in [3.8, 4) is 0 Å². The third kappa shape index (κ3) is 45.8. The quantitative estimate of drug-likeness (QED) is 0.190. The van der Waals surface area contributed by atoms with Crippen molar-refractivity contribution in [2.24, 2.45) is 17.8 Å². The van der Waals surface area contributed by atoms with Crippen molar-refractivity contribution in [2.45, 2.75) is 33.6 Å². The van der Waals surface area contributed by atoms with Gasteiger partial charge in [-0.25, -0.2) is 0 Å². The SMILES string of the molecule is Cc1ccnc(C2COCCOCC(C)COCCOC2)c1.[CH2-]C.[CH2-]C1COCCOCC(C)COCCOC1.[NH2-].[NH2-].[NH2-].[NH2-].[NH2-].[NH2-].[NH2-].[NH2-].[NH2-].[Ru+5].[Ru+6]. The van der Waals surface area contributed by atoms with E-state index in [1.165, 1.54) is 5.56 Å². The summed E-state index contributed by atoms with van der Waals surface area (Å²) in [6.45, 7) is 25.5. The van der Waals surface area contributed by atoms with Gasteiger partial charge in [0.05, 0.1) is 92.5 Å². The van der Waals surface area contributed by atoms with E-state index in [9.17, 15) is 0 Å². The predicted molar refractivity (Wildman–Crippen MR) is 204 cm³/mol. The molecule has 18 N–H and O–H groups in total. The van der Waals surface area contributed by atoms with Crippen LogP contribution in [0.3, 0.4) is 0 Å². The summed E-state index contributed by atoms with van der Waals surface area (Å²) in [5, 5.41) is 0. The van der Waals surface area contributed by atoms with Crippen LogP contribution in [0.4, 0.5) is 0 Å². The predicted octanol–water partition coefficient (Wildman–Crippen LogP) is 10.6. The largest absolute Gasteiger partial charge is 6.00 e. The second kappa shape index (κ2) is 56.5. The average Bonchev–Trinajstić information content (AvgIpc) is 2.95. The summed E-state index contributed by atoms with van der Waals surface area (Å²) in [7, 11) is 0. The number of aryl methyl sites for hydroxylation is 1. The van der Waals surface area contributed by atoms with Crippen LogP contribution in [0.15, 0.2) is 18.3 Å². The summed E-state index contributed by atoms with van der Waals surface area (Å²) in [5.74, 6) is 1.14. The fourth-order valence-corrected chi connectivity index (χ4v) is 3.71. The number of ether oxygens (including phenoxy) is 8. The fraction of sp³-hybridized carbons (Fsp3) is 0.774. The standard InChI is InChI=1S/C17H27NO4.C12H23O4.C2H5.9H2N.2Ru/c1-14-3-4-18-17(9-14)16-12-21-7-5-19-10-15(2)11-20-6-8-22-13-16;1-11-7-13-3-5-15-9-12(2)10-16-6-4-14-8-11;1-2;;;;;;;;;;;/h3-4,9,15-16H,5-8,10-13H2,1-2H3;11-12H,1,3-10H2,2H3;1H2,2H3;9*1H2;;/q;11*-1;+5;+6. The van der Waals surface area contributed by atoms with Crippen LogP contribution in [0.25, 0.3) is 55.4 Å². The normalized spacial score (nSPS) is 21.5. The minimum atomic E-state index is 0. The Morgan fingerprint density at radius 1 is 0.529 bits per heavy atom. The molecule has 0 aliphatic carbocycles. The molecule has 0 atom stereocenters. The van der Waals surface area contributed by atoms with Gasteiger partial charge in [-0.15, -0.1) is 5.92 Å². The number of rotatable bonds is 1. The summed E-state index contributed by atoms with van der Waals surface area (Å²) in [6, 6.07) is 4.09. The Balaban J connectivity index is -0.0000000565. The van der Waals surface area contributed by atoms with Crippen molar-refractivity contribution >= 4 is 0 Å². The molecule has 0 amide bonds. The van der Waals surface area contributed by atoms with Gasteiger partial charge in [0.25, 0.3) is 0 Å². The Kier molecular flexibility index (Phi) is 88.0. The molecule has 0 aromatic carbocycles. The summed E-state index contributed by atoms with van der Waals surface area (Å²) < 4.78 is 44.5. The maximum absolute atomic E-state index is 5.74. The number of pyridine rings is 1. The van der Waals surface area contributed by atoms with Crippen LogP contribution in [0.2, 0.25) is 0 Å². The minimum Gasteiger partial charge on any atom is -0.693 e. The van der Waals surface area contributed by atoms with E-state index in [2.05, 4.69) is 45.7 Å². The number of aromatic nitrogens is 1. The van der Waals surface area contributed by atoms with Crippen LogP contribution in [0.5, 0.6) is 0 Å². The maximum Gasteiger partial charge on any atom is 6.00 e. The van der Waals surface area contributed by atoms with Crippen molar-refractivity contribution < 1.29 is 76.9 Å². The van der Waals surface area contributed by atoms with E-state index in [0.29, 0.717) is 104 Å². The molecule has 2 aliphatic heterocycles. The molecule has 1 aromatic heterocycles. The molecule has 0 saturated carbocycles. The molecule has 0 bridgehead atoms. The molecule has 2 fully saturated rings. The number of nitrogens with two attached hydrogens (primary N) is 9. The van der Waals surface area contributed by atoms with Crippen molar-refractivity contribution in [3.63, 3.8) is 0 Å². The Labute approximate surface area is 336 Å². The van der Waals surface area contributed by atoms with E-state index in [0.717, 1.165) is 18.9 Å². The molecule has 0 unspecified atom stereocenters. The van der Waals surface area contributed by atoms with Crippen LogP contribution in [-0.2, 0) is 76.9 Å². The Hall–Kier alpha value is -0.283. The van der Waals surface area contributed by atoms with Crippen molar-refractivity contribution in [1.29, 1.82) is 0 Å². The second-order valence-electron chi connectivity index (χ2n) is 10.1. The topological polar surface area (TPSA) is 388 Å². The number of hydrogen-bond donors (Lipinski definition) is 0. The molecule has 1 aromatic rings. The van der Waals surface area contributed by atoms with Gasteiger partial charge < -0.3 is 107 Å². The first kappa shape index (κ1) is 79.5. The summed E-state index contributed by atoms with van der Waals surface area (Å²) in [6.07, 6.45) is 1.84. The molecular weight excluding hydrogens is 843 g/mol. The molecule has 18 nitrogen and oxygen atoms in total. The Morgan fingerprint density at radius 3 is 1.10 bits per heavy atom. The minimum absolute atomic E-state index is 0. The van der Waals surface area contributed by atoms with E-state index in [1.54, 1.807) is 6.92 Å². The van der Waals surface area contributed by atoms with Gasteiger partial charge in [-0.1, -0.05) is 13.8 Å². The summed E-state index contributed by atoms with van der Waals surface area (Å²) in [4.78, 5) is 4.45. The first-order valence-corrected chi connectivity index (χ1v) is 14.6. The van der Waals surface area contributed by atoms with Gasteiger partial charge in [-0.05, 0) is 24.6 Å². The molecular formula is C31H73N10O8Ru2. The molecule has 0 spiro atoms. The molecule has 3 rings (SSSR count). The smallest absolute Gasteiger partial charge is 0.693 e. The third-order valence-corrected chi connectivity index (χ3v) is 5.80. The fourth-order valence-electron chi connectivity index (χ4n) is 3.71. The summed E-state index contributed by atoms with van der Waals surface area (Å²) in [5.41, 5.74) is 2.22. The van der Waals surface area contributed by atoms with Crippen molar-refractivity contribution in [1.82, 2.24) is 4.98 Å². The van der Waals surface area contributed by atoms with E-state index in [-0.39, 0.29) is 106 Å². The van der Waals surface area contributed by atoms with Gasteiger partial charge in [0.2, 0.25) is 0 Å². The zero-order valence-electron chi connectivity index (χ0n) is 31.4. The Morgan fingerprint density at radius 2 is 0.804 bits per heavy atom. The molecule has 3 heterocycles. The molecule has 2 aliphatic rings. The van der Waals surface area contributed by atoms with Crippen LogP contribution >= 0.6 is 0 Å². The zero-order valence-corrected chi connectivity index (χ0v) is 34.9. The molecule has 311 valence electrons. The van der Waals surface area contributed by atoms with E-state index < -0.39 is 0 Å². The second-order valence-corrected chi connectivity index (χ2v) is 10.1. The third-order valence-electron chi connectivity index (χ3n) is 5.80. The van der Waals surface area contributed by atoms with Gasteiger partial charge in [-0.3, -0.25) is 4.98 Å². The van der Waals surface area contributed by atoms with E-state index >= 15 is 0 Å². The van der Waals surface area contributed by atoms with E-state index in [4.69, 9.17) is 37.9 Å². The Bertz CT molecular complexity index is 686. The molecule has 20 heteroatoms. The van der Waals surface area contributed by atoms with Crippen LogP contribution < -0.4 is 0 Å². The monoisotopic (exact) mass is 917 g/mol. The van der Waals surface area contributed by atoms with Crippen molar-refractivity contribution in [3.05, 3.63) is 98.8 Å². The zero-order chi connectivity index (χ0) is 29.3. The van der Waals surface area contributed by atoms with Gasteiger partial charge in [0.1, 0.15) is 0 Å². The van der Waals surface area contributed by atoms with Crippen molar-refractivity contribution in [2.75, 3.05) is 106 Å². The van der Waals surface area contributed by atoms with Crippen LogP contribution in [-0.4, -0.2) is 111 Å². The molecule has 2 saturated heterocycles. The average molecular weight is 916 g/mol. The van der Waals surface area contributed by atoms with Gasteiger partial charge >= 0.3 is 39.0 Å². The van der Waals surface area contributed by atoms with Gasteiger partial charge in [-0.2, -0.15) is 6.92 Å². The van der Waals surface area contributed by atoms with Crippen LogP contribution in [0, 0.1) is 38.5 Å². The first-order chi connectivity index (χ1) is 19.5. The van der Waals surface area contributed by atoms with E-state index in [1.807, 2.05) is 12.3 Å². The maximum atomic E-state index is 5.74. The first-order valence-electron chi connectivity index (χ1n) is 14.6.